The molecule has 244 valence electrons. The van der Waals surface area contributed by atoms with Crippen LogP contribution in [0.25, 0.3) is 0 Å². The second-order valence-corrected chi connectivity index (χ2v) is 13.7. The maximum Gasteiger partial charge on any atom is 0.414 e. The van der Waals surface area contributed by atoms with Crippen LogP contribution in [0.2, 0.25) is 0 Å². The van der Waals surface area contributed by atoms with Crippen molar-refractivity contribution in [3.63, 3.8) is 0 Å². The third kappa shape index (κ3) is 6.76. The first-order chi connectivity index (χ1) is 22.0. The third-order valence-electron chi connectivity index (χ3n) is 9.30. The molecule has 6 rings (SSSR count). The van der Waals surface area contributed by atoms with Crippen LogP contribution in [0.5, 0.6) is 11.6 Å². The number of anilines is 2. The van der Waals surface area contributed by atoms with Crippen LogP contribution in [0, 0.1) is 0 Å². The van der Waals surface area contributed by atoms with Crippen LogP contribution in [0.4, 0.5) is 16.4 Å². The van der Waals surface area contributed by atoms with E-state index in [1.807, 2.05) is 57.2 Å². The monoisotopic (exact) mass is 628 g/mol. The molecule has 0 radical (unpaired) electrons. The molecule has 1 aromatic heterocycles. The molecule has 3 heterocycles. The minimum Gasteiger partial charge on any atom is -0.497 e. The van der Waals surface area contributed by atoms with Gasteiger partial charge in [-0.3, -0.25) is 9.69 Å². The van der Waals surface area contributed by atoms with Crippen molar-refractivity contribution in [1.29, 1.82) is 0 Å². The van der Waals surface area contributed by atoms with Crippen molar-refractivity contribution in [2.75, 3.05) is 36.5 Å². The molecule has 1 aliphatic carbocycles. The molecule has 0 saturated carbocycles. The highest BCUT2D eigenvalue weighted by Gasteiger charge is 2.47. The smallest absolute Gasteiger partial charge is 0.414 e. The fourth-order valence-corrected chi connectivity index (χ4v) is 6.85. The van der Waals surface area contributed by atoms with Gasteiger partial charge in [-0.1, -0.05) is 24.3 Å². The van der Waals surface area contributed by atoms with E-state index in [9.17, 15) is 14.7 Å². The van der Waals surface area contributed by atoms with Crippen molar-refractivity contribution in [2.24, 2.45) is 0 Å². The molecule has 2 aromatic carbocycles. The van der Waals surface area contributed by atoms with E-state index >= 15 is 0 Å². The predicted octanol–water partition coefficient (Wildman–Crippen LogP) is 6.25. The van der Waals surface area contributed by atoms with E-state index in [0.717, 1.165) is 91.0 Å². The molecule has 0 bridgehead atoms. The van der Waals surface area contributed by atoms with E-state index in [1.54, 1.807) is 12.0 Å². The zero-order valence-corrected chi connectivity index (χ0v) is 27.3. The van der Waals surface area contributed by atoms with E-state index in [1.165, 1.54) is 0 Å². The lowest BCUT2D eigenvalue weighted by Crippen LogP contribution is -2.47. The van der Waals surface area contributed by atoms with Crippen molar-refractivity contribution >= 4 is 23.7 Å². The zero-order chi connectivity index (χ0) is 32.5. The Hall–Kier alpha value is -4.34. The number of aromatic nitrogens is 2. The zero-order valence-electron chi connectivity index (χ0n) is 27.3. The molecule has 0 unspecified atom stereocenters. The molecule has 1 spiro atoms. The van der Waals surface area contributed by atoms with Crippen LogP contribution < -0.4 is 19.3 Å². The van der Waals surface area contributed by atoms with Gasteiger partial charge in [0.1, 0.15) is 18.0 Å². The predicted molar refractivity (Wildman–Crippen MR) is 175 cm³/mol. The number of rotatable bonds is 8. The van der Waals surface area contributed by atoms with Gasteiger partial charge in [0.05, 0.1) is 18.5 Å². The summed E-state index contributed by atoms with van der Waals surface area (Å²) in [7, 11) is 1.66. The summed E-state index contributed by atoms with van der Waals surface area (Å²) < 4.78 is 17.5. The first-order valence-corrected chi connectivity index (χ1v) is 16.3. The number of carboxylic acids is 1. The fourth-order valence-electron chi connectivity index (χ4n) is 6.85. The van der Waals surface area contributed by atoms with Crippen molar-refractivity contribution in [3.05, 3.63) is 70.4 Å². The summed E-state index contributed by atoms with van der Waals surface area (Å²) in [5.74, 6) is 1.34. The number of fused-ring (bicyclic) bond motifs is 3. The lowest BCUT2D eigenvalue weighted by molar-refractivity contribution is -0.136. The molecule has 1 N–H and O–H groups in total. The van der Waals surface area contributed by atoms with Crippen LogP contribution in [-0.4, -0.2) is 59.5 Å². The number of piperidine rings is 1. The Morgan fingerprint density at radius 1 is 0.978 bits per heavy atom. The molecular weight excluding hydrogens is 584 g/mol. The van der Waals surface area contributed by atoms with Gasteiger partial charge in [-0.15, -0.1) is 0 Å². The normalized spacial score (nSPS) is 17.0. The first kappa shape index (κ1) is 31.6. The average molecular weight is 629 g/mol. The van der Waals surface area contributed by atoms with Crippen LogP contribution in [0.1, 0.15) is 80.8 Å². The Morgan fingerprint density at radius 3 is 2.39 bits per heavy atom. The number of carboxylic acid groups (broad SMARTS) is 1. The van der Waals surface area contributed by atoms with Crippen molar-refractivity contribution < 1.29 is 28.9 Å². The molecule has 3 aliphatic rings. The van der Waals surface area contributed by atoms with Gasteiger partial charge in [0.25, 0.3) is 0 Å². The van der Waals surface area contributed by atoms with Gasteiger partial charge < -0.3 is 24.2 Å². The standard InChI is InChI=1S/C36H44N4O6/c1-35(2,3)46-34(43)40-23-36(28-15-11-24(21-30(28)40)12-16-31(41)42)17-19-39(20-18-36)33-37-29-8-6-5-7-27(29)32(38-33)45-22-25-9-13-26(44-4)14-10-25/h9-11,13-15,21H,5-8,12,16-20,22-23H2,1-4H3,(H,41,42). The molecule has 0 atom stereocenters. The fraction of sp³-hybridized carbons (Fsp3) is 0.500. The van der Waals surface area contributed by atoms with Crippen molar-refractivity contribution in [3.8, 4) is 11.6 Å². The van der Waals surface area contributed by atoms with Gasteiger partial charge in [-0.2, -0.15) is 4.98 Å². The second kappa shape index (κ2) is 12.8. The number of aliphatic carboxylic acids is 1. The van der Waals surface area contributed by atoms with Crippen LogP contribution in [0.15, 0.2) is 42.5 Å². The molecule has 10 heteroatoms. The SMILES string of the molecule is COc1ccc(COc2nc(N3CCC4(CC3)CN(C(=O)OC(C)(C)C)c3cc(CCC(=O)O)ccc34)nc3c2CCCC3)cc1. The summed E-state index contributed by atoms with van der Waals surface area (Å²) >= 11 is 0. The van der Waals surface area contributed by atoms with Gasteiger partial charge in [0.15, 0.2) is 0 Å². The first-order valence-electron chi connectivity index (χ1n) is 16.3. The van der Waals surface area contributed by atoms with Crippen molar-refractivity contribution in [2.45, 2.75) is 89.8 Å². The Morgan fingerprint density at radius 2 is 1.70 bits per heavy atom. The minimum absolute atomic E-state index is 0.0396. The number of nitrogens with zero attached hydrogens (tertiary/aromatic N) is 4. The molecule has 3 aromatic rings. The van der Waals surface area contributed by atoms with Crippen molar-refractivity contribution in [1.82, 2.24) is 9.97 Å². The molecule has 1 saturated heterocycles. The molecular formula is C36H44N4O6. The lowest BCUT2D eigenvalue weighted by Gasteiger charge is -2.40. The van der Waals surface area contributed by atoms with E-state index in [-0.39, 0.29) is 17.9 Å². The number of aryl methyl sites for hydroxylation is 2. The van der Waals surface area contributed by atoms with Crippen LogP contribution in [-0.2, 0) is 40.8 Å². The largest absolute Gasteiger partial charge is 0.497 e. The highest BCUT2D eigenvalue weighted by molar-refractivity contribution is 5.92. The number of carbonyl (C=O) groups is 2. The quantitative estimate of drug-likeness (QED) is 0.309. The van der Waals surface area contributed by atoms with E-state index < -0.39 is 11.6 Å². The lowest BCUT2D eigenvalue weighted by atomic mass is 9.74. The summed E-state index contributed by atoms with van der Waals surface area (Å²) in [6.45, 7) is 8.02. The van der Waals surface area contributed by atoms with Gasteiger partial charge in [-0.05, 0) is 101 Å². The molecule has 10 nitrogen and oxygen atoms in total. The maximum atomic E-state index is 13.4. The summed E-state index contributed by atoms with van der Waals surface area (Å²) in [4.78, 5) is 38.7. The number of benzene rings is 2. The average Bonchev–Trinajstić information content (AvgIpc) is 3.35. The van der Waals surface area contributed by atoms with E-state index in [2.05, 4.69) is 11.0 Å². The number of amides is 1. The van der Waals surface area contributed by atoms with Gasteiger partial charge >= 0.3 is 12.1 Å². The highest BCUT2D eigenvalue weighted by atomic mass is 16.6. The topological polar surface area (TPSA) is 114 Å². The van der Waals surface area contributed by atoms with Gasteiger partial charge in [0.2, 0.25) is 11.8 Å². The van der Waals surface area contributed by atoms with Gasteiger partial charge in [-0.25, -0.2) is 9.78 Å². The van der Waals surface area contributed by atoms with E-state index in [4.69, 9.17) is 24.2 Å². The molecule has 2 aliphatic heterocycles. The maximum absolute atomic E-state index is 13.4. The highest BCUT2D eigenvalue weighted by Crippen LogP contribution is 2.48. The number of hydrogen-bond donors (Lipinski definition) is 1. The molecule has 46 heavy (non-hydrogen) atoms. The summed E-state index contributed by atoms with van der Waals surface area (Å²) in [5.41, 5.74) is 5.21. The number of carbonyl (C=O) groups excluding carboxylic acids is 1. The van der Waals surface area contributed by atoms with Gasteiger partial charge in [0, 0.05) is 37.0 Å². The minimum atomic E-state index is -0.841. The summed E-state index contributed by atoms with van der Waals surface area (Å²) in [6.07, 6.45) is 5.75. The summed E-state index contributed by atoms with van der Waals surface area (Å²) in [5, 5.41) is 9.22. The van der Waals surface area contributed by atoms with E-state index in [0.29, 0.717) is 31.4 Å². The Kier molecular flexibility index (Phi) is 8.81. The molecule has 1 fully saturated rings. The van der Waals surface area contributed by atoms with Crippen LogP contribution in [0.3, 0.4) is 0 Å². The Bertz CT molecular complexity index is 1590. The Labute approximate surface area is 270 Å². The second-order valence-electron chi connectivity index (χ2n) is 13.7. The van der Waals surface area contributed by atoms with Crippen LogP contribution >= 0.6 is 0 Å². The third-order valence-corrected chi connectivity index (χ3v) is 9.30. The number of hydrogen-bond acceptors (Lipinski definition) is 8. The molecule has 1 amide bonds. The Balaban J connectivity index is 1.23. The number of methoxy groups -OCH3 is 1. The number of ether oxygens (including phenoxy) is 3. The summed E-state index contributed by atoms with van der Waals surface area (Å²) in [6, 6.07) is 14.0.